The zero-order valence-corrected chi connectivity index (χ0v) is 11.9. The number of carbonyl (C=O) groups excluding carboxylic acids is 1. The van der Waals surface area contributed by atoms with Crippen molar-refractivity contribution in [1.82, 2.24) is 5.32 Å². The van der Waals surface area contributed by atoms with Crippen LogP contribution in [-0.2, 0) is 11.2 Å². The fourth-order valence-corrected chi connectivity index (χ4v) is 1.79. The van der Waals surface area contributed by atoms with Gasteiger partial charge in [0.05, 0.1) is 6.42 Å². The van der Waals surface area contributed by atoms with Crippen LogP contribution in [0, 0.1) is 5.41 Å². The number of amides is 1. The van der Waals surface area contributed by atoms with Crippen LogP contribution in [0.15, 0.2) is 24.3 Å². The zero-order valence-electron chi connectivity index (χ0n) is 11.2. The van der Waals surface area contributed by atoms with E-state index in [0.717, 1.165) is 5.56 Å². The molecule has 1 rings (SSSR count). The van der Waals surface area contributed by atoms with Gasteiger partial charge >= 0.3 is 0 Å². The fourth-order valence-electron chi connectivity index (χ4n) is 1.66. The second kappa shape index (κ2) is 6.21. The van der Waals surface area contributed by atoms with Gasteiger partial charge in [-0.05, 0) is 23.1 Å². The molecule has 0 aromatic heterocycles. The molecule has 0 heterocycles. The smallest absolute Gasteiger partial charge is 0.224 e. The van der Waals surface area contributed by atoms with E-state index in [9.17, 15) is 4.79 Å². The highest BCUT2D eigenvalue weighted by molar-refractivity contribution is 6.30. The molecule has 0 radical (unpaired) electrons. The number of benzene rings is 1. The molecule has 0 aliphatic carbocycles. The van der Waals surface area contributed by atoms with Crippen LogP contribution >= 0.6 is 11.6 Å². The zero-order chi connectivity index (χ0) is 13.8. The minimum Gasteiger partial charge on any atom is -0.351 e. The average molecular weight is 269 g/mol. The van der Waals surface area contributed by atoms with E-state index in [1.807, 2.05) is 12.1 Å². The quantitative estimate of drug-likeness (QED) is 0.881. The molecule has 18 heavy (non-hydrogen) atoms. The highest BCUT2D eigenvalue weighted by Gasteiger charge is 2.24. The van der Waals surface area contributed by atoms with Crippen molar-refractivity contribution >= 4 is 17.5 Å². The van der Waals surface area contributed by atoms with Crippen molar-refractivity contribution in [3.63, 3.8) is 0 Å². The molecule has 3 nitrogen and oxygen atoms in total. The Morgan fingerprint density at radius 1 is 1.33 bits per heavy atom. The number of hydrogen-bond donors (Lipinski definition) is 2. The molecular weight excluding hydrogens is 248 g/mol. The first-order valence-corrected chi connectivity index (χ1v) is 6.44. The van der Waals surface area contributed by atoms with E-state index in [0.29, 0.717) is 18.0 Å². The summed E-state index contributed by atoms with van der Waals surface area (Å²) >= 11 is 5.80. The second-order valence-corrected chi connectivity index (χ2v) is 5.96. The third-order valence-corrected chi connectivity index (χ3v) is 3.15. The maximum atomic E-state index is 11.9. The van der Waals surface area contributed by atoms with Crippen molar-refractivity contribution in [2.45, 2.75) is 33.2 Å². The first kappa shape index (κ1) is 15.0. The van der Waals surface area contributed by atoms with Crippen LogP contribution < -0.4 is 11.1 Å². The van der Waals surface area contributed by atoms with Crippen molar-refractivity contribution in [3.05, 3.63) is 34.9 Å². The highest BCUT2D eigenvalue weighted by atomic mass is 35.5. The van der Waals surface area contributed by atoms with Gasteiger partial charge in [0.2, 0.25) is 5.91 Å². The van der Waals surface area contributed by atoms with Gasteiger partial charge in [0, 0.05) is 17.6 Å². The first-order chi connectivity index (χ1) is 8.32. The van der Waals surface area contributed by atoms with Crippen LogP contribution in [0.1, 0.15) is 26.3 Å². The number of hydrogen-bond acceptors (Lipinski definition) is 2. The summed E-state index contributed by atoms with van der Waals surface area (Å²) in [5.74, 6) is -0.0114. The number of nitrogens with one attached hydrogen (secondary N) is 1. The van der Waals surface area contributed by atoms with Gasteiger partial charge in [-0.2, -0.15) is 0 Å². The molecule has 0 fully saturated rings. The summed E-state index contributed by atoms with van der Waals surface area (Å²) in [6.07, 6.45) is 0.351. The Morgan fingerprint density at radius 2 is 1.89 bits per heavy atom. The van der Waals surface area contributed by atoms with Crippen molar-refractivity contribution in [3.8, 4) is 0 Å². The molecule has 1 aromatic rings. The molecule has 0 saturated heterocycles. The Morgan fingerprint density at radius 3 is 2.33 bits per heavy atom. The summed E-state index contributed by atoms with van der Waals surface area (Å²) < 4.78 is 0. The van der Waals surface area contributed by atoms with Crippen LogP contribution in [0.5, 0.6) is 0 Å². The van der Waals surface area contributed by atoms with Gasteiger partial charge in [-0.15, -0.1) is 0 Å². The molecule has 0 aliphatic heterocycles. The van der Waals surface area contributed by atoms with E-state index in [2.05, 4.69) is 26.1 Å². The molecule has 1 atom stereocenters. The van der Waals surface area contributed by atoms with Crippen molar-refractivity contribution < 1.29 is 4.79 Å². The molecule has 3 N–H and O–H groups in total. The Kier molecular flexibility index (Phi) is 5.17. The first-order valence-electron chi connectivity index (χ1n) is 6.07. The summed E-state index contributed by atoms with van der Waals surface area (Å²) in [7, 11) is 0. The predicted molar refractivity (Wildman–Crippen MR) is 75.6 cm³/mol. The molecule has 100 valence electrons. The van der Waals surface area contributed by atoms with Gasteiger partial charge in [-0.25, -0.2) is 0 Å². The molecule has 1 amide bonds. The van der Waals surface area contributed by atoms with E-state index >= 15 is 0 Å². The van der Waals surface area contributed by atoms with Crippen LogP contribution in [0.25, 0.3) is 0 Å². The highest BCUT2D eigenvalue weighted by Crippen LogP contribution is 2.18. The SMILES string of the molecule is CC(C)(C)C(CN)NC(=O)Cc1ccc(Cl)cc1. The Balaban J connectivity index is 2.58. The maximum Gasteiger partial charge on any atom is 0.224 e. The van der Waals surface area contributed by atoms with E-state index in [-0.39, 0.29) is 17.4 Å². The van der Waals surface area contributed by atoms with Crippen LogP contribution in [0.4, 0.5) is 0 Å². The minimum atomic E-state index is -0.0373. The minimum absolute atomic E-state index is 0.0114. The van der Waals surface area contributed by atoms with E-state index in [1.165, 1.54) is 0 Å². The molecule has 0 aliphatic rings. The lowest BCUT2D eigenvalue weighted by Gasteiger charge is -2.30. The van der Waals surface area contributed by atoms with E-state index in [1.54, 1.807) is 12.1 Å². The lowest BCUT2D eigenvalue weighted by Crippen LogP contribution is -2.48. The fraction of sp³-hybridized carbons (Fsp3) is 0.500. The number of rotatable bonds is 4. The molecule has 0 saturated carbocycles. The summed E-state index contributed by atoms with van der Waals surface area (Å²) in [6.45, 7) is 6.63. The topological polar surface area (TPSA) is 55.1 Å². The van der Waals surface area contributed by atoms with Gasteiger partial charge in [-0.1, -0.05) is 44.5 Å². The average Bonchev–Trinajstić information content (AvgIpc) is 2.27. The Bertz CT molecular complexity index is 395. The third kappa shape index (κ3) is 4.67. The van der Waals surface area contributed by atoms with Gasteiger partial charge in [0.15, 0.2) is 0 Å². The van der Waals surface area contributed by atoms with Crippen molar-refractivity contribution in [1.29, 1.82) is 0 Å². The van der Waals surface area contributed by atoms with E-state index in [4.69, 9.17) is 17.3 Å². The van der Waals surface area contributed by atoms with Gasteiger partial charge in [0.1, 0.15) is 0 Å². The normalized spacial score (nSPS) is 13.2. The maximum absolute atomic E-state index is 11.9. The molecule has 1 unspecified atom stereocenters. The van der Waals surface area contributed by atoms with Gasteiger partial charge in [-0.3, -0.25) is 4.79 Å². The van der Waals surface area contributed by atoms with Crippen LogP contribution in [0.2, 0.25) is 5.02 Å². The summed E-state index contributed by atoms with van der Waals surface area (Å²) in [4.78, 5) is 11.9. The monoisotopic (exact) mass is 268 g/mol. The lowest BCUT2D eigenvalue weighted by atomic mass is 9.86. The molecule has 0 spiro atoms. The summed E-state index contributed by atoms with van der Waals surface area (Å²) in [5, 5.41) is 3.65. The largest absolute Gasteiger partial charge is 0.351 e. The van der Waals surface area contributed by atoms with Crippen LogP contribution in [-0.4, -0.2) is 18.5 Å². The predicted octanol–water partition coefficient (Wildman–Crippen LogP) is 2.37. The van der Waals surface area contributed by atoms with Crippen molar-refractivity contribution in [2.24, 2.45) is 11.1 Å². The van der Waals surface area contributed by atoms with Gasteiger partial charge < -0.3 is 11.1 Å². The number of nitrogens with two attached hydrogens (primary N) is 1. The lowest BCUT2D eigenvalue weighted by molar-refractivity contribution is -0.121. The molecule has 4 heteroatoms. The second-order valence-electron chi connectivity index (χ2n) is 5.53. The number of halogens is 1. The third-order valence-electron chi connectivity index (χ3n) is 2.89. The standard InChI is InChI=1S/C14H21ClN2O/c1-14(2,3)12(9-16)17-13(18)8-10-4-6-11(15)7-5-10/h4-7,12H,8-9,16H2,1-3H3,(H,17,18). The van der Waals surface area contributed by atoms with Crippen molar-refractivity contribution in [2.75, 3.05) is 6.54 Å². The number of carbonyl (C=O) groups is 1. The summed E-state index contributed by atoms with van der Waals surface area (Å²) in [5.41, 5.74) is 6.60. The molecule has 1 aromatic carbocycles. The Labute approximate surface area is 114 Å². The molecular formula is C14H21ClN2O. The molecule has 0 bridgehead atoms. The van der Waals surface area contributed by atoms with E-state index < -0.39 is 0 Å². The summed E-state index contributed by atoms with van der Waals surface area (Å²) in [6, 6.07) is 7.27. The Hall–Kier alpha value is -1.06. The van der Waals surface area contributed by atoms with Gasteiger partial charge in [0.25, 0.3) is 0 Å². The van der Waals surface area contributed by atoms with Crippen LogP contribution in [0.3, 0.4) is 0 Å².